The molecule has 0 aliphatic heterocycles. The minimum atomic E-state index is -0.275. The van der Waals surface area contributed by atoms with Gasteiger partial charge in [-0.15, -0.1) is 5.10 Å². The molecule has 6 heteroatoms. The van der Waals surface area contributed by atoms with Crippen LogP contribution in [0.3, 0.4) is 0 Å². The summed E-state index contributed by atoms with van der Waals surface area (Å²) in [5, 5.41) is 14.6. The van der Waals surface area contributed by atoms with Gasteiger partial charge in [0.05, 0.1) is 17.6 Å². The summed E-state index contributed by atoms with van der Waals surface area (Å²) in [6, 6.07) is 7.85. The highest BCUT2D eigenvalue weighted by atomic mass is 19.1. The second-order valence-electron chi connectivity index (χ2n) is 3.50. The second kappa shape index (κ2) is 3.82. The van der Waals surface area contributed by atoms with Gasteiger partial charge in [0.15, 0.2) is 0 Å². The van der Waals surface area contributed by atoms with Crippen LogP contribution in [0.2, 0.25) is 0 Å². The van der Waals surface area contributed by atoms with Crippen LogP contribution in [-0.4, -0.2) is 25.2 Å². The molecule has 1 N–H and O–H groups in total. The number of benzene rings is 1. The Hall–Kier alpha value is -2.50. The molecule has 0 radical (unpaired) electrons. The Morgan fingerprint density at radius 1 is 1.12 bits per heavy atom. The Morgan fingerprint density at radius 3 is 2.65 bits per heavy atom. The van der Waals surface area contributed by atoms with Crippen molar-refractivity contribution in [1.29, 1.82) is 0 Å². The molecule has 84 valence electrons. The molecule has 1 aromatic carbocycles. The van der Waals surface area contributed by atoms with Crippen LogP contribution in [-0.2, 0) is 0 Å². The summed E-state index contributed by atoms with van der Waals surface area (Å²) < 4.78 is 14.4. The third-order valence-electron chi connectivity index (χ3n) is 2.36. The third-order valence-corrected chi connectivity index (χ3v) is 2.36. The maximum absolute atomic E-state index is 12.8. The lowest BCUT2D eigenvalue weighted by Crippen LogP contribution is -1.94. The zero-order chi connectivity index (χ0) is 11.7. The lowest BCUT2D eigenvalue weighted by atomic mass is 10.3. The molecule has 0 aliphatic rings. The molecule has 0 amide bonds. The van der Waals surface area contributed by atoms with Crippen molar-refractivity contribution in [2.24, 2.45) is 0 Å². The van der Waals surface area contributed by atoms with Crippen LogP contribution < -0.4 is 0 Å². The zero-order valence-corrected chi connectivity index (χ0v) is 8.71. The maximum Gasteiger partial charge on any atom is 0.131 e. The van der Waals surface area contributed by atoms with Gasteiger partial charge < -0.3 is 0 Å². The molecule has 0 saturated carbocycles. The molecule has 5 nitrogen and oxygen atoms in total. The molecular formula is C11H8FN5. The summed E-state index contributed by atoms with van der Waals surface area (Å²) in [4.78, 5) is 0. The van der Waals surface area contributed by atoms with Crippen molar-refractivity contribution in [2.45, 2.75) is 0 Å². The van der Waals surface area contributed by atoms with E-state index >= 15 is 0 Å². The molecule has 3 rings (SSSR count). The van der Waals surface area contributed by atoms with Crippen LogP contribution in [0.5, 0.6) is 0 Å². The fraction of sp³-hybridized carbons (Fsp3) is 0. The Kier molecular flexibility index (Phi) is 2.18. The first-order valence-electron chi connectivity index (χ1n) is 5.01. The van der Waals surface area contributed by atoms with Crippen LogP contribution in [0.15, 0.2) is 42.7 Å². The quantitative estimate of drug-likeness (QED) is 0.728. The molecule has 0 saturated heterocycles. The number of aromatic amines is 1. The highest BCUT2D eigenvalue weighted by Gasteiger charge is 2.05. The largest absolute Gasteiger partial charge is 0.276 e. The minimum absolute atomic E-state index is 0.275. The van der Waals surface area contributed by atoms with E-state index in [1.807, 2.05) is 0 Å². The topological polar surface area (TPSA) is 59.4 Å². The van der Waals surface area contributed by atoms with Gasteiger partial charge in [0.1, 0.15) is 11.5 Å². The summed E-state index contributed by atoms with van der Waals surface area (Å²) in [5.41, 5.74) is 2.23. The monoisotopic (exact) mass is 229 g/mol. The van der Waals surface area contributed by atoms with Gasteiger partial charge in [0.2, 0.25) is 0 Å². The summed E-state index contributed by atoms with van der Waals surface area (Å²) in [6.45, 7) is 0. The molecule has 0 atom stereocenters. The van der Waals surface area contributed by atoms with Crippen LogP contribution in [0.25, 0.3) is 17.1 Å². The van der Waals surface area contributed by atoms with E-state index in [1.54, 1.807) is 35.3 Å². The Morgan fingerprint density at radius 2 is 1.94 bits per heavy atom. The average Bonchev–Trinajstić information content (AvgIpc) is 3.00. The van der Waals surface area contributed by atoms with Gasteiger partial charge in [0, 0.05) is 6.20 Å². The van der Waals surface area contributed by atoms with Crippen LogP contribution in [0.4, 0.5) is 4.39 Å². The van der Waals surface area contributed by atoms with Gasteiger partial charge in [-0.25, -0.2) is 9.07 Å². The van der Waals surface area contributed by atoms with Crippen molar-refractivity contribution in [3.8, 4) is 17.1 Å². The van der Waals surface area contributed by atoms with E-state index in [1.165, 1.54) is 12.1 Å². The van der Waals surface area contributed by atoms with Crippen LogP contribution >= 0.6 is 0 Å². The third kappa shape index (κ3) is 1.80. The molecule has 0 bridgehead atoms. The molecule has 0 fully saturated rings. The van der Waals surface area contributed by atoms with Crippen molar-refractivity contribution in [3.63, 3.8) is 0 Å². The summed E-state index contributed by atoms with van der Waals surface area (Å²) in [5.74, 6) is -0.275. The number of hydrogen-bond acceptors (Lipinski definition) is 3. The smallest absolute Gasteiger partial charge is 0.131 e. The van der Waals surface area contributed by atoms with Crippen molar-refractivity contribution in [3.05, 3.63) is 48.5 Å². The van der Waals surface area contributed by atoms with Gasteiger partial charge >= 0.3 is 0 Å². The van der Waals surface area contributed by atoms with E-state index in [-0.39, 0.29) is 5.82 Å². The standard InChI is InChI=1S/C11H8FN5/c12-8-1-3-9(4-2-8)17-7-11(15-16-17)10-5-6-13-14-10/h1-7H,(H,13,14). The maximum atomic E-state index is 12.8. The molecule has 3 aromatic rings. The molecule has 17 heavy (non-hydrogen) atoms. The van der Waals surface area contributed by atoms with Crippen molar-refractivity contribution < 1.29 is 4.39 Å². The van der Waals surface area contributed by atoms with E-state index < -0.39 is 0 Å². The number of H-pyrrole nitrogens is 1. The molecule has 2 heterocycles. The van der Waals surface area contributed by atoms with E-state index in [4.69, 9.17) is 0 Å². The second-order valence-corrected chi connectivity index (χ2v) is 3.50. The van der Waals surface area contributed by atoms with Gasteiger partial charge in [-0.2, -0.15) is 5.10 Å². The fourth-order valence-electron chi connectivity index (χ4n) is 1.51. The Balaban J connectivity index is 1.98. The number of aromatic nitrogens is 5. The number of hydrogen-bond donors (Lipinski definition) is 1. The molecular weight excluding hydrogens is 221 g/mol. The summed E-state index contributed by atoms with van der Waals surface area (Å²) in [6.07, 6.45) is 3.40. The van der Waals surface area contributed by atoms with E-state index in [0.29, 0.717) is 5.69 Å². The molecule has 0 unspecified atom stereocenters. The summed E-state index contributed by atoms with van der Waals surface area (Å²) in [7, 11) is 0. The number of nitrogens with one attached hydrogen (secondary N) is 1. The lowest BCUT2D eigenvalue weighted by Gasteiger charge is -1.98. The Labute approximate surface area is 95.9 Å². The number of halogens is 1. The van der Waals surface area contributed by atoms with Crippen LogP contribution in [0.1, 0.15) is 0 Å². The normalized spacial score (nSPS) is 10.6. The molecule has 0 aliphatic carbocycles. The van der Waals surface area contributed by atoms with Crippen LogP contribution in [0, 0.1) is 5.82 Å². The van der Waals surface area contributed by atoms with Gasteiger partial charge in [-0.3, -0.25) is 5.10 Å². The highest BCUT2D eigenvalue weighted by Crippen LogP contribution is 2.14. The van der Waals surface area contributed by atoms with Gasteiger partial charge in [0.25, 0.3) is 0 Å². The summed E-state index contributed by atoms with van der Waals surface area (Å²) >= 11 is 0. The SMILES string of the molecule is Fc1ccc(-n2cc(-c3ccn[nH]3)nn2)cc1. The average molecular weight is 229 g/mol. The fourth-order valence-corrected chi connectivity index (χ4v) is 1.51. The van der Waals surface area contributed by atoms with E-state index in [2.05, 4.69) is 20.5 Å². The number of rotatable bonds is 2. The lowest BCUT2D eigenvalue weighted by molar-refractivity contribution is 0.626. The molecule has 0 spiro atoms. The minimum Gasteiger partial charge on any atom is -0.276 e. The highest BCUT2D eigenvalue weighted by molar-refractivity contribution is 5.51. The van der Waals surface area contributed by atoms with Crippen molar-refractivity contribution in [2.75, 3.05) is 0 Å². The van der Waals surface area contributed by atoms with Crippen molar-refractivity contribution in [1.82, 2.24) is 25.2 Å². The molecule has 2 aromatic heterocycles. The first kappa shape index (κ1) is 9.71. The zero-order valence-electron chi connectivity index (χ0n) is 8.71. The predicted molar refractivity (Wildman–Crippen MR) is 58.9 cm³/mol. The van der Waals surface area contributed by atoms with Gasteiger partial charge in [-0.1, -0.05) is 5.21 Å². The first-order chi connectivity index (χ1) is 8.33. The predicted octanol–water partition coefficient (Wildman–Crippen LogP) is 1.80. The Bertz CT molecular complexity index is 612. The van der Waals surface area contributed by atoms with Gasteiger partial charge in [-0.05, 0) is 30.3 Å². The number of nitrogens with zero attached hydrogens (tertiary/aromatic N) is 4. The van der Waals surface area contributed by atoms with Crippen molar-refractivity contribution >= 4 is 0 Å². The van der Waals surface area contributed by atoms with E-state index in [0.717, 1.165) is 11.4 Å². The first-order valence-corrected chi connectivity index (χ1v) is 5.01. The van der Waals surface area contributed by atoms with E-state index in [9.17, 15) is 4.39 Å².